The Hall–Kier alpha value is -3.33. The maximum Gasteiger partial charge on any atom is 0.416 e. The second kappa shape index (κ2) is 11.2. The van der Waals surface area contributed by atoms with Crippen molar-refractivity contribution in [2.45, 2.75) is 25.9 Å². The molecule has 0 aromatic heterocycles. The van der Waals surface area contributed by atoms with Crippen LogP contribution in [0.3, 0.4) is 0 Å². The molecule has 0 spiro atoms. The minimum Gasteiger partial charge on any atom is -0.493 e. The van der Waals surface area contributed by atoms with Crippen molar-refractivity contribution in [2.24, 2.45) is 0 Å². The fourth-order valence-corrected chi connectivity index (χ4v) is 3.37. The zero-order chi connectivity index (χ0) is 24.7. The van der Waals surface area contributed by atoms with Gasteiger partial charge in [0.25, 0.3) is 11.8 Å². The molecule has 3 aromatic carbocycles. The van der Waals surface area contributed by atoms with Crippen molar-refractivity contribution in [3.63, 3.8) is 0 Å². The minimum absolute atomic E-state index is 0.0301. The lowest BCUT2D eigenvalue weighted by Crippen LogP contribution is -2.15. The van der Waals surface area contributed by atoms with E-state index in [0.29, 0.717) is 23.6 Å². The van der Waals surface area contributed by atoms with Crippen LogP contribution < -0.4 is 15.4 Å². The fourth-order valence-electron chi connectivity index (χ4n) is 3.01. The van der Waals surface area contributed by atoms with Gasteiger partial charge in [-0.1, -0.05) is 35.3 Å². The molecule has 0 saturated heterocycles. The predicted molar refractivity (Wildman–Crippen MR) is 128 cm³/mol. The van der Waals surface area contributed by atoms with Gasteiger partial charge >= 0.3 is 6.18 Å². The van der Waals surface area contributed by atoms with Crippen molar-refractivity contribution in [2.75, 3.05) is 17.2 Å². The van der Waals surface area contributed by atoms with Crippen LogP contribution in [0.2, 0.25) is 0 Å². The van der Waals surface area contributed by atoms with Gasteiger partial charge < -0.3 is 15.4 Å². The van der Waals surface area contributed by atoms with Crippen molar-refractivity contribution < 1.29 is 27.5 Å². The number of halogens is 4. The molecule has 0 saturated carbocycles. The van der Waals surface area contributed by atoms with E-state index in [1.165, 1.54) is 36.4 Å². The summed E-state index contributed by atoms with van der Waals surface area (Å²) in [6.45, 7) is 2.54. The van der Waals surface area contributed by atoms with E-state index in [1.807, 2.05) is 6.92 Å². The van der Waals surface area contributed by atoms with E-state index in [9.17, 15) is 22.8 Å². The van der Waals surface area contributed by atoms with Crippen molar-refractivity contribution in [1.29, 1.82) is 0 Å². The Bertz CT molecular complexity index is 1160. The molecular weight excluding hydrogens is 513 g/mol. The first kappa shape index (κ1) is 25.3. The van der Waals surface area contributed by atoms with Gasteiger partial charge in [-0.05, 0) is 67.1 Å². The van der Waals surface area contributed by atoms with Crippen LogP contribution in [0.4, 0.5) is 24.5 Å². The van der Waals surface area contributed by atoms with Gasteiger partial charge in [0.05, 0.1) is 17.7 Å². The number of rotatable bonds is 8. The van der Waals surface area contributed by atoms with E-state index in [2.05, 4.69) is 26.6 Å². The maximum atomic E-state index is 12.9. The van der Waals surface area contributed by atoms with Crippen LogP contribution in [-0.4, -0.2) is 18.4 Å². The summed E-state index contributed by atoms with van der Waals surface area (Å²) in [6, 6.07) is 15.6. The Labute approximate surface area is 203 Å². The lowest BCUT2D eigenvalue weighted by Gasteiger charge is -2.13. The average Bonchev–Trinajstić information content (AvgIpc) is 2.80. The van der Waals surface area contributed by atoms with Crippen molar-refractivity contribution >= 4 is 39.1 Å². The van der Waals surface area contributed by atoms with Crippen LogP contribution in [-0.2, 0) is 6.18 Å². The van der Waals surface area contributed by atoms with Gasteiger partial charge in [-0.15, -0.1) is 0 Å². The number of carbonyl (C=O) groups is 2. The molecule has 2 amide bonds. The summed E-state index contributed by atoms with van der Waals surface area (Å²) in [7, 11) is 0. The lowest BCUT2D eigenvalue weighted by molar-refractivity contribution is -0.137. The number of carbonyl (C=O) groups excluding carboxylic acids is 2. The summed E-state index contributed by atoms with van der Waals surface area (Å²) in [5.41, 5.74) is 0.204. The molecule has 3 aromatic rings. The Morgan fingerprint density at radius 2 is 1.62 bits per heavy atom. The van der Waals surface area contributed by atoms with Gasteiger partial charge in [-0.3, -0.25) is 9.59 Å². The first-order valence-corrected chi connectivity index (χ1v) is 11.3. The molecule has 9 heteroatoms. The van der Waals surface area contributed by atoms with E-state index < -0.39 is 17.6 Å². The largest absolute Gasteiger partial charge is 0.493 e. The molecule has 0 radical (unpaired) electrons. The number of amides is 2. The monoisotopic (exact) mass is 534 g/mol. The van der Waals surface area contributed by atoms with Crippen molar-refractivity contribution in [3.05, 3.63) is 87.9 Å². The van der Waals surface area contributed by atoms with Gasteiger partial charge in [0.15, 0.2) is 0 Å². The molecule has 0 heterocycles. The molecule has 0 bridgehead atoms. The number of unbranched alkanes of at least 4 members (excludes halogenated alkanes) is 1. The van der Waals surface area contributed by atoms with Crippen LogP contribution in [0, 0.1) is 0 Å². The Morgan fingerprint density at radius 1 is 0.912 bits per heavy atom. The molecule has 0 aliphatic rings. The molecule has 0 fully saturated rings. The van der Waals surface area contributed by atoms with Crippen LogP contribution in [0.5, 0.6) is 5.75 Å². The Kier molecular flexibility index (Phi) is 8.33. The highest BCUT2D eigenvalue weighted by Crippen LogP contribution is 2.31. The third-order valence-corrected chi connectivity index (χ3v) is 5.29. The van der Waals surface area contributed by atoms with Crippen molar-refractivity contribution in [3.8, 4) is 5.75 Å². The summed E-state index contributed by atoms with van der Waals surface area (Å²) in [4.78, 5) is 25.2. The molecule has 2 N–H and O–H groups in total. The minimum atomic E-state index is -4.50. The smallest absolute Gasteiger partial charge is 0.416 e. The quantitative estimate of drug-likeness (QED) is 0.301. The Balaban J connectivity index is 1.68. The average molecular weight is 535 g/mol. The third kappa shape index (κ3) is 6.84. The first-order chi connectivity index (χ1) is 16.2. The fraction of sp³-hybridized carbons (Fsp3) is 0.200. The zero-order valence-electron chi connectivity index (χ0n) is 18.2. The number of anilines is 2. The highest BCUT2D eigenvalue weighted by Gasteiger charge is 2.30. The summed E-state index contributed by atoms with van der Waals surface area (Å²) in [6.07, 6.45) is -2.68. The molecule has 5 nitrogen and oxygen atoms in total. The Morgan fingerprint density at radius 3 is 2.29 bits per heavy atom. The van der Waals surface area contributed by atoms with E-state index in [1.54, 1.807) is 18.2 Å². The van der Waals surface area contributed by atoms with Gasteiger partial charge in [0.1, 0.15) is 5.75 Å². The summed E-state index contributed by atoms with van der Waals surface area (Å²) < 4.78 is 45.0. The second-order valence-electron chi connectivity index (χ2n) is 7.41. The zero-order valence-corrected chi connectivity index (χ0v) is 19.8. The normalized spacial score (nSPS) is 11.1. The third-order valence-electron chi connectivity index (χ3n) is 4.79. The van der Waals surface area contributed by atoms with Gasteiger partial charge in [0.2, 0.25) is 0 Å². The molecule has 0 unspecified atom stereocenters. The SMILES string of the molecule is CCCCOc1ccc(Br)cc1C(=O)Nc1ccc(C(=O)Nc2cccc(C(F)(F)F)c2)cc1. The predicted octanol–water partition coefficient (Wildman–Crippen LogP) is 7.15. The van der Waals surface area contributed by atoms with E-state index >= 15 is 0 Å². The number of nitrogens with one attached hydrogen (secondary N) is 2. The molecule has 178 valence electrons. The molecule has 34 heavy (non-hydrogen) atoms. The highest BCUT2D eigenvalue weighted by molar-refractivity contribution is 9.10. The maximum absolute atomic E-state index is 12.9. The van der Waals surface area contributed by atoms with E-state index in [0.717, 1.165) is 29.4 Å². The number of ether oxygens (including phenoxy) is 1. The van der Waals surface area contributed by atoms with E-state index in [4.69, 9.17) is 4.74 Å². The summed E-state index contributed by atoms with van der Waals surface area (Å²) >= 11 is 3.36. The standard InChI is InChI=1S/C25H22BrF3N2O3/c1-2-3-13-34-22-12-9-18(26)15-21(22)24(33)30-19-10-7-16(8-11-19)23(32)31-20-6-4-5-17(14-20)25(27,28)29/h4-12,14-15H,2-3,13H2,1H3,(H,30,33)(H,31,32). The van der Waals surface area contributed by atoms with Crippen molar-refractivity contribution in [1.82, 2.24) is 0 Å². The number of alkyl halides is 3. The van der Waals surface area contributed by atoms with Gasteiger partial charge in [-0.2, -0.15) is 13.2 Å². The molecule has 0 aliphatic carbocycles. The second-order valence-corrected chi connectivity index (χ2v) is 8.32. The highest BCUT2D eigenvalue weighted by atomic mass is 79.9. The number of benzene rings is 3. The molecule has 0 aliphatic heterocycles. The van der Waals surface area contributed by atoms with Crippen LogP contribution in [0.1, 0.15) is 46.0 Å². The summed E-state index contributed by atoms with van der Waals surface area (Å²) in [5.74, 6) is -0.490. The molecule has 3 rings (SSSR count). The number of hydrogen-bond donors (Lipinski definition) is 2. The van der Waals surface area contributed by atoms with Crippen LogP contribution in [0.15, 0.2) is 71.2 Å². The molecular formula is C25H22BrF3N2O3. The number of hydrogen-bond acceptors (Lipinski definition) is 3. The lowest BCUT2D eigenvalue weighted by atomic mass is 10.1. The summed E-state index contributed by atoms with van der Waals surface area (Å²) in [5, 5.41) is 5.21. The molecule has 0 atom stereocenters. The van der Waals surface area contributed by atoms with Crippen LogP contribution in [0.25, 0.3) is 0 Å². The van der Waals surface area contributed by atoms with Crippen LogP contribution >= 0.6 is 15.9 Å². The topological polar surface area (TPSA) is 67.4 Å². The first-order valence-electron chi connectivity index (χ1n) is 10.5. The van der Waals surface area contributed by atoms with E-state index in [-0.39, 0.29) is 17.2 Å². The van der Waals surface area contributed by atoms with Gasteiger partial charge in [-0.25, -0.2) is 0 Å². The van der Waals surface area contributed by atoms with Gasteiger partial charge in [0, 0.05) is 21.4 Å².